The third-order valence-electron chi connectivity index (χ3n) is 6.06. The molecule has 1 aliphatic heterocycles. The molecule has 2 N–H and O–H groups in total. The first-order chi connectivity index (χ1) is 17.7. The third-order valence-corrected chi connectivity index (χ3v) is 7.67. The van der Waals surface area contributed by atoms with Gasteiger partial charge < -0.3 is 9.47 Å². The van der Waals surface area contributed by atoms with Gasteiger partial charge in [-0.25, -0.2) is 17.8 Å². The molecule has 3 aromatic carbocycles. The van der Waals surface area contributed by atoms with Crippen molar-refractivity contribution < 1.29 is 22.3 Å². The molecule has 0 radical (unpaired) electrons. The minimum absolute atomic E-state index is 0.239. The number of guanidine groups is 1. The Kier molecular flexibility index (Phi) is 7.58. The molecule has 0 aromatic heterocycles. The fourth-order valence-electron chi connectivity index (χ4n) is 4.11. The topological polar surface area (TPSA) is 104 Å². The Morgan fingerprint density at radius 3 is 2.16 bits per heavy atom. The summed E-state index contributed by atoms with van der Waals surface area (Å²) in [5.41, 5.74) is 2.76. The van der Waals surface area contributed by atoms with Gasteiger partial charge in [0, 0.05) is 5.92 Å². The second kappa shape index (κ2) is 10.8. The van der Waals surface area contributed by atoms with Crippen LogP contribution in [0, 0.1) is 11.2 Å². The van der Waals surface area contributed by atoms with Gasteiger partial charge in [0.05, 0.1) is 26.5 Å². The van der Waals surface area contributed by atoms with Crippen LogP contribution < -0.4 is 14.2 Å². The normalized spacial score (nSPS) is 16.0. The van der Waals surface area contributed by atoms with Crippen LogP contribution in [0.4, 0.5) is 4.39 Å². The minimum Gasteiger partial charge on any atom is -0.497 e. The first-order valence-corrected chi connectivity index (χ1v) is 12.9. The maximum absolute atomic E-state index is 13.3. The SMILES string of the molecule is C=CC(c1ccc(F)cc1)S(=O)(=O)NC(=N)N1CC(c2ccc(OC)cc2)C(c2ccc(OC)cc2)=N1. The van der Waals surface area contributed by atoms with Gasteiger partial charge in [-0.1, -0.05) is 30.3 Å². The number of hydrazone groups is 1. The fraction of sp³-hybridized carbons (Fsp3) is 0.185. The van der Waals surface area contributed by atoms with E-state index in [0.717, 1.165) is 11.1 Å². The van der Waals surface area contributed by atoms with Gasteiger partial charge in [0.25, 0.3) is 0 Å². The molecule has 0 bridgehead atoms. The van der Waals surface area contributed by atoms with Crippen LogP contribution in [0.1, 0.15) is 27.9 Å². The molecule has 1 aliphatic rings. The quantitative estimate of drug-likeness (QED) is 0.259. The number of hydrogen-bond donors (Lipinski definition) is 2. The molecule has 0 saturated carbocycles. The van der Waals surface area contributed by atoms with Crippen LogP contribution in [0.3, 0.4) is 0 Å². The Balaban J connectivity index is 1.62. The lowest BCUT2D eigenvalue weighted by molar-refractivity contribution is 0.414. The van der Waals surface area contributed by atoms with Crippen LogP contribution in [-0.4, -0.2) is 45.9 Å². The van der Waals surface area contributed by atoms with Crippen molar-refractivity contribution in [2.45, 2.75) is 11.2 Å². The minimum atomic E-state index is -4.12. The molecule has 4 rings (SSSR count). The predicted molar refractivity (Wildman–Crippen MR) is 141 cm³/mol. The van der Waals surface area contributed by atoms with Crippen molar-refractivity contribution >= 4 is 21.7 Å². The van der Waals surface area contributed by atoms with Gasteiger partial charge in [-0.15, -0.1) is 6.58 Å². The van der Waals surface area contributed by atoms with Crippen molar-refractivity contribution in [3.05, 3.63) is 108 Å². The molecule has 37 heavy (non-hydrogen) atoms. The smallest absolute Gasteiger partial charge is 0.245 e. The van der Waals surface area contributed by atoms with E-state index in [1.54, 1.807) is 14.2 Å². The van der Waals surface area contributed by atoms with Crippen molar-refractivity contribution in [3.8, 4) is 11.5 Å². The zero-order chi connectivity index (χ0) is 26.6. The van der Waals surface area contributed by atoms with Gasteiger partial charge in [0.2, 0.25) is 16.0 Å². The number of nitrogens with one attached hydrogen (secondary N) is 2. The molecule has 0 saturated heterocycles. The number of sulfonamides is 1. The van der Waals surface area contributed by atoms with E-state index < -0.39 is 27.1 Å². The lowest BCUT2D eigenvalue weighted by Crippen LogP contribution is -2.42. The van der Waals surface area contributed by atoms with E-state index in [9.17, 15) is 12.8 Å². The number of ether oxygens (including phenoxy) is 2. The van der Waals surface area contributed by atoms with Gasteiger partial charge >= 0.3 is 0 Å². The van der Waals surface area contributed by atoms with Crippen LogP contribution >= 0.6 is 0 Å². The molecule has 8 nitrogen and oxygen atoms in total. The second-order valence-corrected chi connectivity index (χ2v) is 10.1. The van der Waals surface area contributed by atoms with Crippen LogP contribution in [0.5, 0.6) is 11.5 Å². The number of nitrogens with zero attached hydrogens (tertiary/aromatic N) is 2. The Morgan fingerprint density at radius 1 is 1.05 bits per heavy atom. The molecule has 0 aliphatic carbocycles. The van der Waals surface area contributed by atoms with E-state index in [1.807, 2.05) is 48.5 Å². The van der Waals surface area contributed by atoms with E-state index >= 15 is 0 Å². The molecule has 10 heteroatoms. The van der Waals surface area contributed by atoms with Crippen molar-refractivity contribution in [2.75, 3.05) is 20.8 Å². The molecule has 0 spiro atoms. The van der Waals surface area contributed by atoms with Crippen LogP contribution in [0.2, 0.25) is 0 Å². The van der Waals surface area contributed by atoms with Crippen molar-refractivity contribution in [2.24, 2.45) is 5.10 Å². The number of benzene rings is 3. The number of hydrogen-bond acceptors (Lipinski definition) is 6. The molecular formula is C27H27FN4O4S. The summed E-state index contributed by atoms with van der Waals surface area (Å²) in [5, 5.41) is 13.3. The van der Waals surface area contributed by atoms with E-state index in [4.69, 9.17) is 14.9 Å². The second-order valence-electron chi connectivity index (χ2n) is 8.33. The number of methoxy groups -OCH3 is 2. The average molecular weight is 523 g/mol. The highest BCUT2D eigenvalue weighted by Gasteiger charge is 2.34. The molecule has 0 amide bonds. The molecule has 3 aromatic rings. The maximum Gasteiger partial charge on any atom is 0.245 e. The highest BCUT2D eigenvalue weighted by molar-refractivity contribution is 7.90. The molecule has 192 valence electrons. The van der Waals surface area contributed by atoms with Gasteiger partial charge in [-0.3, -0.25) is 10.1 Å². The average Bonchev–Trinajstić information content (AvgIpc) is 3.36. The highest BCUT2D eigenvalue weighted by Crippen LogP contribution is 2.31. The van der Waals surface area contributed by atoms with E-state index in [0.29, 0.717) is 22.8 Å². The van der Waals surface area contributed by atoms with E-state index in [-0.39, 0.29) is 12.5 Å². The van der Waals surface area contributed by atoms with E-state index in [2.05, 4.69) is 16.4 Å². The highest BCUT2D eigenvalue weighted by atomic mass is 32.2. The van der Waals surface area contributed by atoms with Crippen molar-refractivity contribution in [3.63, 3.8) is 0 Å². The maximum atomic E-state index is 13.3. The summed E-state index contributed by atoms with van der Waals surface area (Å²) < 4.78 is 52.5. The summed E-state index contributed by atoms with van der Waals surface area (Å²) in [6.45, 7) is 3.86. The van der Waals surface area contributed by atoms with Gasteiger partial charge in [-0.2, -0.15) is 5.10 Å². The third kappa shape index (κ3) is 5.64. The Hall–Kier alpha value is -4.18. The largest absolute Gasteiger partial charge is 0.497 e. The summed E-state index contributed by atoms with van der Waals surface area (Å²) >= 11 is 0. The monoisotopic (exact) mass is 522 g/mol. The Morgan fingerprint density at radius 2 is 1.62 bits per heavy atom. The predicted octanol–water partition coefficient (Wildman–Crippen LogP) is 4.43. The molecule has 0 fully saturated rings. The number of halogens is 1. The summed E-state index contributed by atoms with van der Waals surface area (Å²) in [6.07, 6.45) is 1.24. The van der Waals surface area contributed by atoms with Crippen LogP contribution in [0.15, 0.2) is 90.6 Å². The lowest BCUT2D eigenvalue weighted by Gasteiger charge is -2.21. The zero-order valence-electron chi connectivity index (χ0n) is 20.4. The fourth-order valence-corrected chi connectivity index (χ4v) is 5.38. The van der Waals surface area contributed by atoms with Crippen LogP contribution in [0.25, 0.3) is 0 Å². The first kappa shape index (κ1) is 25.9. The van der Waals surface area contributed by atoms with Gasteiger partial charge in [0.15, 0.2) is 0 Å². The zero-order valence-corrected chi connectivity index (χ0v) is 21.2. The summed E-state index contributed by atoms with van der Waals surface area (Å²) in [7, 11) is -0.943. The van der Waals surface area contributed by atoms with Crippen LogP contribution in [-0.2, 0) is 10.0 Å². The Bertz CT molecular complexity index is 1410. The molecule has 2 atom stereocenters. The lowest BCUT2D eigenvalue weighted by atomic mass is 9.90. The Labute approximate surface area is 215 Å². The van der Waals surface area contributed by atoms with Crippen molar-refractivity contribution in [1.29, 1.82) is 5.41 Å². The van der Waals surface area contributed by atoms with Gasteiger partial charge in [0.1, 0.15) is 22.6 Å². The first-order valence-electron chi connectivity index (χ1n) is 11.4. The summed E-state index contributed by atoms with van der Waals surface area (Å²) in [4.78, 5) is 0. The molecule has 1 heterocycles. The number of rotatable bonds is 8. The van der Waals surface area contributed by atoms with Gasteiger partial charge in [-0.05, 0) is 65.2 Å². The summed E-state index contributed by atoms with van der Waals surface area (Å²) in [6, 6.07) is 20.0. The molecular weight excluding hydrogens is 495 g/mol. The van der Waals surface area contributed by atoms with E-state index in [1.165, 1.54) is 35.4 Å². The standard InChI is InChI=1S/C27H27FN4O4S/c1-4-25(19-5-11-21(28)12-6-19)37(33,34)31-27(29)32-17-24(18-7-13-22(35-2)14-8-18)26(30-32)20-9-15-23(36-3)16-10-20/h4-16,24-25H,1,17H2,2-3H3,(H2,29,31). The molecule has 2 unspecified atom stereocenters. The summed E-state index contributed by atoms with van der Waals surface area (Å²) in [5.74, 6) is 0.273. The van der Waals surface area contributed by atoms with Crippen molar-refractivity contribution in [1.82, 2.24) is 9.73 Å².